The van der Waals surface area contributed by atoms with Crippen LogP contribution in [-0.4, -0.2) is 58.0 Å². The Bertz CT molecular complexity index is 793. The Labute approximate surface area is 161 Å². The summed E-state index contributed by atoms with van der Waals surface area (Å²) in [6.07, 6.45) is 5.16. The van der Waals surface area contributed by atoms with E-state index in [9.17, 15) is 4.79 Å². The molecule has 0 spiro atoms. The minimum Gasteiger partial charge on any atom is -0.332 e. The number of rotatable bonds is 4. The van der Waals surface area contributed by atoms with Crippen LogP contribution in [0.25, 0.3) is 11.0 Å². The largest absolute Gasteiger partial charge is 0.332 e. The number of hydrogen-bond acceptors (Lipinski definition) is 4. The van der Waals surface area contributed by atoms with Gasteiger partial charge in [0.25, 0.3) is 0 Å². The Morgan fingerprint density at radius 1 is 1.15 bits per heavy atom. The minimum atomic E-state index is 0.103. The number of aryl methyl sites for hydroxylation is 1. The maximum Gasteiger partial charge on any atom is 0.226 e. The first kappa shape index (κ1) is 18.4. The molecule has 27 heavy (non-hydrogen) atoms. The van der Waals surface area contributed by atoms with Gasteiger partial charge in [0.1, 0.15) is 5.82 Å². The summed E-state index contributed by atoms with van der Waals surface area (Å²) in [7, 11) is 2.08. The number of likely N-dealkylation sites (tertiary alicyclic amines) is 2. The van der Waals surface area contributed by atoms with Gasteiger partial charge in [0, 0.05) is 32.6 Å². The topological polar surface area (TPSA) is 67.4 Å². The van der Waals surface area contributed by atoms with Gasteiger partial charge in [-0.3, -0.25) is 4.79 Å². The van der Waals surface area contributed by atoms with E-state index in [1.165, 1.54) is 0 Å². The molecule has 4 rings (SSSR count). The zero-order chi connectivity index (χ0) is 18.8. The number of carbonyl (C=O) groups excluding carboxylic acids is 1. The van der Waals surface area contributed by atoms with Crippen molar-refractivity contribution in [1.82, 2.24) is 19.4 Å². The zero-order valence-corrected chi connectivity index (χ0v) is 16.3. The second kappa shape index (κ2) is 7.98. The lowest BCUT2D eigenvalue weighted by Gasteiger charge is -2.39. The standard InChI is InChI=1S/C21H31N5O/c1-24-18-7-3-2-6-17(18)23-20(24)19-8-4-5-12-26(19)21(27)16-9-13-25(14-10-16)15-11-22/h2-3,6-7,16,19H,4-5,8-15,22H2,1H3. The van der Waals surface area contributed by atoms with Crippen LogP contribution in [0.1, 0.15) is 44.0 Å². The predicted octanol–water partition coefficient (Wildman–Crippen LogP) is 2.30. The van der Waals surface area contributed by atoms with Crippen molar-refractivity contribution >= 4 is 16.9 Å². The summed E-state index contributed by atoms with van der Waals surface area (Å²) in [5, 5.41) is 0. The van der Waals surface area contributed by atoms with E-state index in [1.54, 1.807) is 0 Å². The van der Waals surface area contributed by atoms with Gasteiger partial charge in [-0.25, -0.2) is 4.98 Å². The fraction of sp³-hybridized carbons (Fsp3) is 0.619. The van der Waals surface area contributed by atoms with Crippen LogP contribution in [0, 0.1) is 5.92 Å². The molecule has 1 unspecified atom stereocenters. The second-order valence-electron chi connectivity index (χ2n) is 7.97. The highest BCUT2D eigenvalue weighted by atomic mass is 16.2. The zero-order valence-electron chi connectivity index (χ0n) is 16.3. The van der Waals surface area contributed by atoms with E-state index >= 15 is 0 Å². The number of aromatic nitrogens is 2. The molecule has 2 aliphatic heterocycles. The van der Waals surface area contributed by atoms with E-state index in [0.29, 0.717) is 12.5 Å². The lowest BCUT2D eigenvalue weighted by Crippen LogP contribution is -2.46. The van der Waals surface area contributed by atoms with E-state index in [4.69, 9.17) is 10.7 Å². The molecule has 1 aromatic heterocycles. The highest BCUT2D eigenvalue weighted by molar-refractivity contribution is 5.80. The lowest BCUT2D eigenvalue weighted by molar-refractivity contribution is -0.141. The molecule has 2 aromatic rings. The number of para-hydroxylation sites is 2. The summed E-state index contributed by atoms with van der Waals surface area (Å²) in [5.41, 5.74) is 7.83. The second-order valence-corrected chi connectivity index (χ2v) is 7.97. The first-order valence-corrected chi connectivity index (χ1v) is 10.3. The molecular formula is C21H31N5O. The van der Waals surface area contributed by atoms with Crippen LogP contribution in [-0.2, 0) is 11.8 Å². The monoisotopic (exact) mass is 369 g/mol. The summed E-state index contributed by atoms with van der Waals surface area (Å²) >= 11 is 0. The van der Waals surface area contributed by atoms with Gasteiger partial charge in [0.15, 0.2) is 0 Å². The smallest absolute Gasteiger partial charge is 0.226 e. The summed E-state index contributed by atoms with van der Waals surface area (Å²) < 4.78 is 2.18. The first-order valence-electron chi connectivity index (χ1n) is 10.3. The number of piperidine rings is 2. The third kappa shape index (κ3) is 3.60. The van der Waals surface area contributed by atoms with E-state index < -0.39 is 0 Å². The number of hydrogen-bond donors (Lipinski definition) is 1. The third-order valence-corrected chi connectivity index (χ3v) is 6.29. The van der Waals surface area contributed by atoms with Gasteiger partial charge in [-0.05, 0) is 57.3 Å². The van der Waals surface area contributed by atoms with Crippen molar-refractivity contribution in [1.29, 1.82) is 0 Å². The fourth-order valence-corrected chi connectivity index (χ4v) is 4.75. The van der Waals surface area contributed by atoms with Gasteiger partial charge < -0.3 is 20.1 Å². The van der Waals surface area contributed by atoms with Gasteiger partial charge >= 0.3 is 0 Å². The van der Waals surface area contributed by atoms with E-state index in [-0.39, 0.29) is 12.0 Å². The van der Waals surface area contributed by atoms with E-state index in [1.807, 2.05) is 12.1 Å². The van der Waals surface area contributed by atoms with Crippen molar-refractivity contribution in [3.63, 3.8) is 0 Å². The van der Waals surface area contributed by atoms with Crippen LogP contribution in [0.2, 0.25) is 0 Å². The van der Waals surface area contributed by atoms with Crippen LogP contribution >= 0.6 is 0 Å². The van der Waals surface area contributed by atoms with Crippen LogP contribution in [0.5, 0.6) is 0 Å². The van der Waals surface area contributed by atoms with E-state index in [2.05, 4.69) is 33.5 Å². The number of imidazole rings is 1. The average molecular weight is 370 g/mol. The Morgan fingerprint density at radius 3 is 2.67 bits per heavy atom. The number of carbonyl (C=O) groups is 1. The molecule has 2 aliphatic rings. The molecule has 2 saturated heterocycles. The molecule has 2 fully saturated rings. The fourth-order valence-electron chi connectivity index (χ4n) is 4.75. The van der Waals surface area contributed by atoms with Crippen LogP contribution < -0.4 is 5.73 Å². The lowest BCUT2D eigenvalue weighted by atomic mass is 9.92. The summed E-state index contributed by atoms with van der Waals surface area (Å²) in [6.45, 7) is 4.46. The molecule has 3 heterocycles. The molecule has 6 nitrogen and oxygen atoms in total. The van der Waals surface area contributed by atoms with Crippen molar-refractivity contribution in [3.05, 3.63) is 30.1 Å². The number of benzene rings is 1. The van der Waals surface area contributed by atoms with Crippen LogP contribution in [0.15, 0.2) is 24.3 Å². The molecule has 0 radical (unpaired) electrons. The summed E-state index contributed by atoms with van der Waals surface area (Å²) in [5.74, 6) is 1.51. The van der Waals surface area contributed by atoms with Crippen LogP contribution in [0.3, 0.4) is 0 Å². The Morgan fingerprint density at radius 2 is 1.93 bits per heavy atom. The molecule has 1 atom stereocenters. The molecular weight excluding hydrogens is 338 g/mol. The summed E-state index contributed by atoms with van der Waals surface area (Å²) in [4.78, 5) is 22.8. The highest BCUT2D eigenvalue weighted by Gasteiger charge is 2.35. The molecule has 6 heteroatoms. The van der Waals surface area contributed by atoms with E-state index in [0.717, 1.165) is 75.1 Å². The number of amides is 1. The molecule has 0 saturated carbocycles. The highest BCUT2D eigenvalue weighted by Crippen LogP contribution is 2.34. The van der Waals surface area contributed by atoms with Crippen molar-refractivity contribution in [2.75, 3.05) is 32.7 Å². The number of fused-ring (bicyclic) bond motifs is 1. The average Bonchev–Trinajstić information content (AvgIpc) is 3.05. The molecule has 1 amide bonds. The van der Waals surface area contributed by atoms with Crippen LogP contribution in [0.4, 0.5) is 0 Å². The Balaban J connectivity index is 1.54. The quantitative estimate of drug-likeness (QED) is 0.898. The molecule has 146 valence electrons. The maximum atomic E-state index is 13.4. The third-order valence-electron chi connectivity index (χ3n) is 6.29. The minimum absolute atomic E-state index is 0.103. The van der Waals surface area contributed by atoms with Crippen molar-refractivity contribution in [2.45, 2.75) is 38.1 Å². The van der Waals surface area contributed by atoms with Gasteiger partial charge in [0.05, 0.1) is 17.1 Å². The normalized spacial score (nSPS) is 22.4. The number of nitrogens with two attached hydrogens (primary N) is 1. The van der Waals surface area contributed by atoms with Gasteiger partial charge in [-0.15, -0.1) is 0 Å². The maximum absolute atomic E-state index is 13.4. The SMILES string of the molecule is Cn1c(C2CCCCN2C(=O)C2CCN(CCN)CC2)nc2ccccc21. The molecule has 0 aliphatic carbocycles. The van der Waals surface area contributed by atoms with Gasteiger partial charge in [0.2, 0.25) is 5.91 Å². The van der Waals surface area contributed by atoms with Gasteiger partial charge in [-0.2, -0.15) is 0 Å². The van der Waals surface area contributed by atoms with Crippen molar-refractivity contribution < 1.29 is 4.79 Å². The molecule has 0 bridgehead atoms. The molecule has 1 aromatic carbocycles. The van der Waals surface area contributed by atoms with Crippen molar-refractivity contribution in [3.8, 4) is 0 Å². The Hall–Kier alpha value is -1.92. The van der Waals surface area contributed by atoms with Gasteiger partial charge in [-0.1, -0.05) is 12.1 Å². The van der Waals surface area contributed by atoms with Crippen molar-refractivity contribution in [2.24, 2.45) is 18.7 Å². The number of nitrogens with zero attached hydrogens (tertiary/aromatic N) is 4. The Kier molecular flexibility index (Phi) is 5.45. The summed E-state index contributed by atoms with van der Waals surface area (Å²) in [6, 6.07) is 8.34. The molecule has 2 N–H and O–H groups in total. The first-order chi connectivity index (χ1) is 13.2. The predicted molar refractivity (Wildman–Crippen MR) is 107 cm³/mol.